The van der Waals surface area contributed by atoms with Gasteiger partial charge in [0.15, 0.2) is 0 Å². The van der Waals surface area contributed by atoms with Crippen molar-refractivity contribution in [1.82, 2.24) is 0 Å². The summed E-state index contributed by atoms with van der Waals surface area (Å²) < 4.78 is 30.2. The van der Waals surface area contributed by atoms with Crippen molar-refractivity contribution in [3.05, 3.63) is 12.2 Å². The third-order valence-electron chi connectivity index (χ3n) is 12.3. The average Bonchev–Trinajstić information content (AvgIpc) is 3.32. The Labute approximate surface area is 253 Å². The van der Waals surface area contributed by atoms with Gasteiger partial charge in [-0.05, 0) is 63.9 Å². The Balaban J connectivity index is 1.74. The van der Waals surface area contributed by atoms with Crippen molar-refractivity contribution in [3.8, 4) is 0 Å². The van der Waals surface area contributed by atoms with Crippen molar-refractivity contribution in [3.63, 3.8) is 0 Å². The van der Waals surface area contributed by atoms with Crippen LogP contribution in [0.1, 0.15) is 94.4 Å². The Kier molecular flexibility index (Phi) is 7.37. The molecule has 5 aliphatic rings. The van der Waals surface area contributed by atoms with Gasteiger partial charge in [0.1, 0.15) is 29.5 Å². The molecular weight excluding hydrogens is 556 g/mol. The van der Waals surface area contributed by atoms with Crippen molar-refractivity contribution >= 4 is 29.8 Å². The summed E-state index contributed by atoms with van der Waals surface area (Å²) in [6, 6.07) is 0. The fourth-order valence-electron chi connectivity index (χ4n) is 10.8. The number of esters is 5. The highest BCUT2D eigenvalue weighted by Gasteiger charge is 2.77. The number of rotatable bonds is 4. The molecule has 5 rings (SSSR count). The van der Waals surface area contributed by atoms with Crippen LogP contribution in [0.4, 0.5) is 0 Å². The zero-order valence-corrected chi connectivity index (χ0v) is 26.8. The highest BCUT2D eigenvalue weighted by molar-refractivity contribution is 5.85. The predicted octanol–water partition coefficient (Wildman–Crippen LogP) is 4.46. The van der Waals surface area contributed by atoms with E-state index in [-0.39, 0.29) is 24.2 Å². The van der Waals surface area contributed by atoms with Gasteiger partial charge in [0.05, 0.1) is 6.42 Å². The smallest absolute Gasteiger partial charge is 0.331 e. The van der Waals surface area contributed by atoms with Crippen LogP contribution in [0.25, 0.3) is 0 Å². The molecule has 0 aromatic rings. The second kappa shape index (κ2) is 10.1. The molecule has 0 radical (unpaired) electrons. The number of ether oxygens (including phenoxy) is 5. The van der Waals surface area contributed by atoms with E-state index in [0.29, 0.717) is 25.7 Å². The second-order valence-electron chi connectivity index (χ2n) is 14.9. The Hall–Kier alpha value is -2.91. The fraction of sp³-hybridized carbons (Fsp3) is 0.788. The molecule has 2 heterocycles. The molecule has 4 fully saturated rings. The minimum atomic E-state index is -0.923. The monoisotopic (exact) mass is 602 g/mol. The molecule has 3 unspecified atom stereocenters. The molecule has 0 N–H and O–H groups in total. The quantitative estimate of drug-likeness (QED) is 0.336. The van der Waals surface area contributed by atoms with Gasteiger partial charge in [-0.1, -0.05) is 20.8 Å². The van der Waals surface area contributed by atoms with Gasteiger partial charge in [-0.2, -0.15) is 0 Å². The van der Waals surface area contributed by atoms with Crippen molar-refractivity contribution < 1.29 is 47.7 Å². The maximum atomic E-state index is 13.1. The number of fused-ring (bicyclic) bond motifs is 5. The van der Waals surface area contributed by atoms with E-state index in [9.17, 15) is 24.0 Å². The summed E-state index contributed by atoms with van der Waals surface area (Å²) in [5, 5.41) is 0. The van der Waals surface area contributed by atoms with Crippen LogP contribution >= 0.6 is 0 Å². The molecular formula is C33H46O10. The van der Waals surface area contributed by atoms with Crippen molar-refractivity contribution in [1.29, 1.82) is 0 Å². The molecule has 3 aliphatic carbocycles. The van der Waals surface area contributed by atoms with Crippen LogP contribution in [-0.4, -0.2) is 59.4 Å². The number of carbonyl (C=O) groups excluding carboxylic acids is 5. The summed E-state index contributed by atoms with van der Waals surface area (Å²) in [7, 11) is 0. The summed E-state index contributed by atoms with van der Waals surface area (Å²) in [6.45, 7) is 16.2. The first-order valence-corrected chi connectivity index (χ1v) is 15.4. The largest absolute Gasteiger partial charge is 0.462 e. The van der Waals surface area contributed by atoms with Gasteiger partial charge >= 0.3 is 29.8 Å². The van der Waals surface area contributed by atoms with E-state index in [2.05, 4.69) is 13.8 Å². The van der Waals surface area contributed by atoms with E-state index in [4.69, 9.17) is 23.7 Å². The zero-order chi connectivity index (χ0) is 31.9. The number of hydrogen-bond acceptors (Lipinski definition) is 10. The molecule has 0 bridgehead atoms. The standard InChI is InChI=1S/C33H46O10/c1-17(34)39-22-14-21-20(31(7)13-11-26(37)43-31)15-25(41-19(3)36)33(21,9)30(6)12-10-23-29(4,5)42-27(38)16-24(40-18(2)35)32(23,8)28(22)30/h11,13,20-25,28H,10,12,14-16H2,1-9H3/t20-,21?,22+,23?,24+,25-,28?,30+,31-,32+,33-/m0/s1. The van der Waals surface area contributed by atoms with Crippen LogP contribution in [0.2, 0.25) is 0 Å². The molecule has 43 heavy (non-hydrogen) atoms. The topological polar surface area (TPSA) is 132 Å². The van der Waals surface area contributed by atoms with Gasteiger partial charge in [-0.15, -0.1) is 0 Å². The van der Waals surface area contributed by atoms with Crippen molar-refractivity contribution in [2.24, 2.45) is 39.9 Å². The first-order valence-electron chi connectivity index (χ1n) is 15.4. The van der Waals surface area contributed by atoms with Gasteiger partial charge in [0.25, 0.3) is 0 Å². The van der Waals surface area contributed by atoms with Gasteiger partial charge in [-0.3, -0.25) is 19.2 Å². The summed E-state index contributed by atoms with van der Waals surface area (Å²) in [4.78, 5) is 63.3. The Bertz CT molecular complexity index is 1270. The van der Waals surface area contributed by atoms with E-state index in [1.165, 1.54) is 26.8 Å². The van der Waals surface area contributed by atoms with E-state index in [1.807, 2.05) is 27.7 Å². The molecule has 10 heteroatoms. The van der Waals surface area contributed by atoms with E-state index in [1.54, 1.807) is 6.08 Å². The van der Waals surface area contributed by atoms with Crippen LogP contribution in [-0.2, 0) is 47.7 Å². The minimum absolute atomic E-state index is 0.121. The molecule has 0 amide bonds. The molecule has 1 saturated heterocycles. The summed E-state index contributed by atoms with van der Waals surface area (Å²) in [5.74, 6) is -3.20. The first kappa shape index (κ1) is 31.5. The molecule has 0 aromatic carbocycles. The maximum Gasteiger partial charge on any atom is 0.331 e. The third-order valence-corrected chi connectivity index (χ3v) is 12.3. The summed E-state index contributed by atoms with van der Waals surface area (Å²) >= 11 is 0. The molecule has 0 spiro atoms. The zero-order valence-electron chi connectivity index (χ0n) is 26.8. The lowest BCUT2D eigenvalue weighted by Crippen LogP contribution is -2.70. The number of carbonyl (C=O) groups is 5. The lowest BCUT2D eigenvalue weighted by Gasteiger charge is -2.69. The van der Waals surface area contributed by atoms with E-state index in [0.717, 1.165) is 0 Å². The minimum Gasteiger partial charge on any atom is -0.462 e. The molecule has 3 saturated carbocycles. The maximum absolute atomic E-state index is 13.1. The predicted molar refractivity (Wildman–Crippen MR) is 152 cm³/mol. The third kappa shape index (κ3) is 4.60. The lowest BCUT2D eigenvalue weighted by atomic mass is 9.36. The van der Waals surface area contributed by atoms with Crippen LogP contribution in [0.5, 0.6) is 0 Å². The van der Waals surface area contributed by atoms with Crippen LogP contribution in [0.15, 0.2) is 12.2 Å². The highest BCUT2D eigenvalue weighted by Crippen LogP contribution is 2.75. The molecule has 238 valence electrons. The van der Waals surface area contributed by atoms with Crippen LogP contribution < -0.4 is 0 Å². The molecule has 0 aromatic heterocycles. The lowest BCUT2D eigenvalue weighted by molar-refractivity contribution is -0.275. The normalized spacial score (nSPS) is 46.3. The van der Waals surface area contributed by atoms with E-state index >= 15 is 0 Å². The summed E-state index contributed by atoms with van der Waals surface area (Å²) in [6.07, 6.45) is 3.34. The van der Waals surface area contributed by atoms with Crippen LogP contribution in [0.3, 0.4) is 0 Å². The van der Waals surface area contributed by atoms with Crippen molar-refractivity contribution in [2.45, 2.75) is 124 Å². The summed E-state index contributed by atoms with van der Waals surface area (Å²) in [5.41, 5.74) is -3.93. The van der Waals surface area contributed by atoms with Gasteiger partial charge in [0, 0.05) is 55.4 Å². The average molecular weight is 603 g/mol. The van der Waals surface area contributed by atoms with Crippen LogP contribution in [0, 0.1) is 39.9 Å². The van der Waals surface area contributed by atoms with Crippen molar-refractivity contribution in [2.75, 3.05) is 0 Å². The number of hydrogen-bond donors (Lipinski definition) is 0. The Morgan fingerprint density at radius 1 is 0.814 bits per heavy atom. The van der Waals surface area contributed by atoms with Gasteiger partial charge in [0.2, 0.25) is 0 Å². The number of cyclic esters (lactones) is 2. The Morgan fingerprint density at radius 2 is 1.42 bits per heavy atom. The highest BCUT2D eigenvalue weighted by atomic mass is 16.6. The molecule has 11 atom stereocenters. The van der Waals surface area contributed by atoms with E-state index < -0.39 is 81.5 Å². The molecule has 2 aliphatic heterocycles. The van der Waals surface area contributed by atoms with Gasteiger partial charge in [-0.25, -0.2) is 4.79 Å². The Morgan fingerprint density at radius 3 is 1.98 bits per heavy atom. The molecule has 10 nitrogen and oxygen atoms in total. The fourth-order valence-corrected chi connectivity index (χ4v) is 10.8. The SMILES string of the molecule is CC(=O)O[C@H]1C[C@H]([C@]2(C)C=CC(=O)O2)C2C[C@@H](OC(C)=O)C3[C@]4(C)C(CC[C@@]3(C)[C@@]21C)C(C)(C)OC(=O)C[C@H]4OC(C)=O. The second-order valence-corrected chi connectivity index (χ2v) is 14.9. The van der Waals surface area contributed by atoms with Gasteiger partial charge < -0.3 is 23.7 Å². The first-order chi connectivity index (χ1) is 19.8.